The van der Waals surface area contributed by atoms with Crippen LogP contribution in [0.15, 0.2) is 44.4 Å². The van der Waals surface area contributed by atoms with E-state index in [0.29, 0.717) is 10.1 Å². The van der Waals surface area contributed by atoms with Gasteiger partial charge in [-0.15, -0.1) is 11.3 Å². The van der Waals surface area contributed by atoms with E-state index in [1.54, 1.807) is 19.2 Å². The smallest absolute Gasteiger partial charge is 0.250 e. The summed E-state index contributed by atoms with van der Waals surface area (Å²) in [7, 11) is -1.88. The van der Waals surface area contributed by atoms with Gasteiger partial charge in [-0.2, -0.15) is 0 Å². The van der Waals surface area contributed by atoms with Gasteiger partial charge in [0.2, 0.25) is 0 Å². The van der Waals surface area contributed by atoms with Gasteiger partial charge < -0.3 is 4.74 Å². The fourth-order valence-corrected chi connectivity index (χ4v) is 5.66. The van der Waals surface area contributed by atoms with Crippen molar-refractivity contribution in [3.8, 4) is 5.75 Å². The van der Waals surface area contributed by atoms with Gasteiger partial charge in [0.05, 0.1) is 10.9 Å². The molecule has 1 atom stereocenters. The number of nitrogens with one attached hydrogen (secondary N) is 1. The molecule has 1 unspecified atom stereocenters. The molecule has 1 aliphatic rings. The molecular weight excluding hydrogens is 386 g/mol. The summed E-state index contributed by atoms with van der Waals surface area (Å²) in [6, 6.07) is 10.8. The number of thiophene rings is 1. The number of sulfonamides is 1. The van der Waals surface area contributed by atoms with E-state index in [0.717, 1.165) is 27.9 Å². The number of benzene rings is 1. The average Bonchev–Trinajstić information content (AvgIpc) is 3.25. The lowest BCUT2D eigenvalue weighted by atomic mass is 10.0. The lowest BCUT2D eigenvalue weighted by Crippen LogP contribution is -2.29. The van der Waals surface area contributed by atoms with Gasteiger partial charge in [0, 0.05) is 6.04 Å². The van der Waals surface area contributed by atoms with Gasteiger partial charge in [0.15, 0.2) is 0 Å². The Labute approximate surface area is 142 Å². The molecule has 1 heterocycles. The van der Waals surface area contributed by atoms with Gasteiger partial charge in [-0.1, -0.05) is 12.1 Å². The van der Waals surface area contributed by atoms with Gasteiger partial charge in [-0.3, -0.25) is 0 Å². The lowest BCUT2D eigenvalue weighted by molar-refractivity contribution is 0.414. The van der Waals surface area contributed by atoms with Crippen LogP contribution in [0.2, 0.25) is 0 Å². The van der Waals surface area contributed by atoms with Crippen LogP contribution < -0.4 is 9.46 Å². The maximum atomic E-state index is 12.5. The third-order valence-corrected chi connectivity index (χ3v) is 7.22. The van der Waals surface area contributed by atoms with Crippen molar-refractivity contribution in [1.82, 2.24) is 4.72 Å². The average molecular weight is 402 g/mol. The van der Waals surface area contributed by atoms with E-state index in [9.17, 15) is 8.42 Å². The number of hydrogen-bond donors (Lipinski definition) is 1. The van der Waals surface area contributed by atoms with Crippen molar-refractivity contribution in [2.75, 3.05) is 7.11 Å². The zero-order valence-corrected chi connectivity index (χ0v) is 15.2. The van der Waals surface area contributed by atoms with Crippen LogP contribution >= 0.6 is 27.3 Å². The van der Waals surface area contributed by atoms with Gasteiger partial charge in [0.25, 0.3) is 10.0 Å². The first-order valence-corrected chi connectivity index (χ1v) is 10.0. The largest absolute Gasteiger partial charge is 0.497 e. The number of rotatable bonds is 6. The molecule has 1 aliphatic carbocycles. The van der Waals surface area contributed by atoms with Crippen molar-refractivity contribution in [2.24, 2.45) is 5.92 Å². The van der Waals surface area contributed by atoms with Crippen LogP contribution in [0.1, 0.15) is 24.4 Å². The van der Waals surface area contributed by atoms with Crippen LogP contribution in [0.3, 0.4) is 0 Å². The van der Waals surface area contributed by atoms with E-state index in [1.807, 2.05) is 24.3 Å². The highest BCUT2D eigenvalue weighted by Crippen LogP contribution is 2.42. The molecule has 1 fully saturated rings. The third kappa shape index (κ3) is 3.53. The zero-order valence-electron chi connectivity index (χ0n) is 12.0. The molecule has 0 saturated heterocycles. The first-order valence-electron chi connectivity index (χ1n) is 6.91. The molecular formula is C15H16BrNO3S2. The first kappa shape index (κ1) is 16.0. The second-order valence-corrected chi connectivity index (χ2v) is 9.67. The highest BCUT2D eigenvalue weighted by atomic mass is 79.9. The van der Waals surface area contributed by atoms with Crippen LogP contribution in [0, 0.1) is 5.92 Å². The van der Waals surface area contributed by atoms with Gasteiger partial charge in [-0.25, -0.2) is 13.1 Å². The Kier molecular flexibility index (Phi) is 4.59. The summed E-state index contributed by atoms with van der Waals surface area (Å²) < 4.78 is 34.2. The van der Waals surface area contributed by atoms with E-state index in [-0.39, 0.29) is 6.04 Å². The maximum absolute atomic E-state index is 12.5. The Morgan fingerprint density at radius 2 is 1.91 bits per heavy atom. The van der Waals surface area contributed by atoms with Crippen LogP contribution in [0.25, 0.3) is 0 Å². The SMILES string of the molecule is COc1ccc(C(NS(=O)(=O)c2ccc(Br)s2)C2CC2)cc1. The van der Waals surface area contributed by atoms with Crippen molar-refractivity contribution in [2.45, 2.75) is 23.1 Å². The third-order valence-electron chi connectivity index (χ3n) is 3.66. The lowest BCUT2D eigenvalue weighted by Gasteiger charge is -2.18. The summed E-state index contributed by atoms with van der Waals surface area (Å²) in [6.45, 7) is 0. The second kappa shape index (κ2) is 6.31. The number of hydrogen-bond acceptors (Lipinski definition) is 4. The quantitative estimate of drug-likeness (QED) is 0.796. The number of methoxy groups -OCH3 is 1. The molecule has 0 amide bonds. The molecule has 1 aromatic carbocycles. The topological polar surface area (TPSA) is 55.4 Å². The van der Waals surface area contributed by atoms with Crippen LogP contribution in [0.4, 0.5) is 0 Å². The van der Waals surface area contributed by atoms with Crippen molar-refractivity contribution < 1.29 is 13.2 Å². The summed E-state index contributed by atoms with van der Waals surface area (Å²) in [4.78, 5) is 0. The van der Waals surface area contributed by atoms with Gasteiger partial charge in [-0.05, 0) is 64.5 Å². The minimum Gasteiger partial charge on any atom is -0.497 e. The molecule has 1 saturated carbocycles. The zero-order chi connectivity index (χ0) is 15.7. The number of halogens is 1. The Morgan fingerprint density at radius 1 is 1.23 bits per heavy atom. The Morgan fingerprint density at radius 3 is 2.41 bits per heavy atom. The fourth-order valence-electron chi connectivity index (χ4n) is 2.34. The summed E-state index contributed by atoms with van der Waals surface area (Å²) in [6.07, 6.45) is 2.10. The molecule has 2 aromatic rings. The van der Waals surface area contributed by atoms with Crippen molar-refractivity contribution in [1.29, 1.82) is 0 Å². The highest BCUT2D eigenvalue weighted by molar-refractivity contribution is 9.11. The minimum atomic E-state index is -3.50. The van der Waals surface area contributed by atoms with Crippen LogP contribution in [-0.2, 0) is 10.0 Å². The standard InChI is InChI=1S/C15H16BrNO3S2/c1-20-12-6-4-11(5-7-12)15(10-2-3-10)17-22(18,19)14-9-8-13(16)21-14/h4-10,15,17H,2-3H2,1H3. The molecule has 1 N–H and O–H groups in total. The minimum absolute atomic E-state index is 0.184. The Bertz CT molecular complexity index is 751. The van der Waals surface area contributed by atoms with E-state index in [1.165, 1.54) is 11.3 Å². The van der Waals surface area contributed by atoms with Crippen LogP contribution in [0.5, 0.6) is 5.75 Å². The van der Waals surface area contributed by atoms with E-state index in [2.05, 4.69) is 20.7 Å². The van der Waals surface area contributed by atoms with E-state index >= 15 is 0 Å². The predicted molar refractivity (Wildman–Crippen MR) is 90.8 cm³/mol. The molecule has 1 aromatic heterocycles. The van der Waals surface area contributed by atoms with Crippen molar-refractivity contribution in [3.05, 3.63) is 45.7 Å². The molecule has 0 bridgehead atoms. The number of ether oxygens (including phenoxy) is 1. The second-order valence-electron chi connectivity index (χ2n) is 5.27. The summed E-state index contributed by atoms with van der Waals surface area (Å²) in [5.41, 5.74) is 0.975. The Hall–Kier alpha value is -0.890. The van der Waals surface area contributed by atoms with E-state index < -0.39 is 10.0 Å². The molecule has 0 spiro atoms. The van der Waals surface area contributed by atoms with Crippen molar-refractivity contribution >= 4 is 37.3 Å². The molecule has 7 heteroatoms. The van der Waals surface area contributed by atoms with Crippen LogP contribution in [-0.4, -0.2) is 15.5 Å². The fraction of sp³-hybridized carbons (Fsp3) is 0.333. The molecule has 0 aliphatic heterocycles. The van der Waals surface area contributed by atoms with Gasteiger partial charge in [0.1, 0.15) is 9.96 Å². The molecule has 118 valence electrons. The molecule has 0 radical (unpaired) electrons. The summed E-state index contributed by atoms with van der Waals surface area (Å²) in [5.74, 6) is 1.13. The summed E-state index contributed by atoms with van der Waals surface area (Å²) in [5, 5.41) is 0. The molecule has 22 heavy (non-hydrogen) atoms. The van der Waals surface area contributed by atoms with Gasteiger partial charge >= 0.3 is 0 Å². The van der Waals surface area contributed by atoms with E-state index in [4.69, 9.17) is 4.74 Å². The predicted octanol–water partition coefficient (Wildman–Crippen LogP) is 3.95. The molecule has 3 rings (SSSR count). The maximum Gasteiger partial charge on any atom is 0.250 e. The monoisotopic (exact) mass is 401 g/mol. The Balaban J connectivity index is 1.85. The molecule has 4 nitrogen and oxygen atoms in total. The first-order chi connectivity index (χ1) is 10.5. The highest BCUT2D eigenvalue weighted by Gasteiger charge is 2.35. The summed E-state index contributed by atoms with van der Waals surface area (Å²) >= 11 is 4.52. The van der Waals surface area contributed by atoms with Crippen molar-refractivity contribution in [3.63, 3.8) is 0 Å². The normalized spacial score (nSPS) is 16.5.